The van der Waals surface area contributed by atoms with Crippen molar-refractivity contribution in [1.29, 1.82) is 5.26 Å². The summed E-state index contributed by atoms with van der Waals surface area (Å²) in [6.07, 6.45) is 5.33. The molecule has 1 N–H and O–H groups in total. The number of nitrogens with zero attached hydrogens (tertiary/aromatic N) is 5. The predicted octanol–water partition coefficient (Wildman–Crippen LogP) is 7.84. The number of hydrogen-bond donors (Lipinski definition) is 1. The van der Waals surface area contributed by atoms with E-state index in [2.05, 4.69) is 40.9 Å². The van der Waals surface area contributed by atoms with Gasteiger partial charge in [-0.15, -0.1) is 0 Å². The van der Waals surface area contributed by atoms with Crippen molar-refractivity contribution in [2.24, 2.45) is 5.92 Å². The Morgan fingerprint density at radius 3 is 2.71 bits per heavy atom. The highest BCUT2D eigenvalue weighted by molar-refractivity contribution is 6.43. The van der Waals surface area contributed by atoms with E-state index >= 15 is 4.39 Å². The number of ether oxygens (including phenoxy) is 1. The largest absolute Gasteiger partial charge is 0.472 e. The molecule has 5 aliphatic rings. The second-order valence-electron chi connectivity index (χ2n) is 14.4. The Morgan fingerprint density at radius 1 is 1.20 bits per heavy atom. The van der Waals surface area contributed by atoms with Gasteiger partial charge in [0.25, 0.3) is 0 Å². The molecular formula is C38H41Cl2FN6O2. The predicted molar refractivity (Wildman–Crippen MR) is 191 cm³/mol. The van der Waals surface area contributed by atoms with Gasteiger partial charge in [-0.2, -0.15) is 5.26 Å². The lowest BCUT2D eigenvalue weighted by atomic mass is 9.79. The Hall–Kier alpha value is -3.42. The first-order valence-electron chi connectivity index (χ1n) is 17.6. The van der Waals surface area contributed by atoms with Gasteiger partial charge in [-0.3, -0.25) is 9.69 Å². The van der Waals surface area contributed by atoms with Gasteiger partial charge in [-0.25, -0.2) is 9.37 Å². The Morgan fingerprint density at radius 2 is 2.02 bits per heavy atom. The van der Waals surface area contributed by atoms with E-state index in [0.29, 0.717) is 51.9 Å². The number of nitriles is 1. The highest BCUT2D eigenvalue weighted by atomic mass is 35.5. The summed E-state index contributed by atoms with van der Waals surface area (Å²) in [5.41, 5.74) is 3.56. The molecule has 0 radical (unpaired) electrons. The number of amides is 1. The Kier molecular flexibility index (Phi) is 8.51. The van der Waals surface area contributed by atoms with Crippen LogP contribution in [-0.4, -0.2) is 70.1 Å². The molecule has 2 aromatic carbocycles. The van der Waals surface area contributed by atoms with Gasteiger partial charge in [-0.1, -0.05) is 35.3 Å². The number of carbonyl (C=O) groups excluding carboxylic acids is 1. The van der Waals surface area contributed by atoms with Crippen LogP contribution >= 0.6 is 23.2 Å². The fraction of sp³-hybridized carbons (Fsp3) is 0.500. The Labute approximate surface area is 296 Å². The van der Waals surface area contributed by atoms with Crippen molar-refractivity contribution in [2.45, 2.75) is 89.1 Å². The second kappa shape index (κ2) is 12.7. The monoisotopic (exact) mass is 702 g/mol. The summed E-state index contributed by atoms with van der Waals surface area (Å²) >= 11 is 13.2. The molecule has 4 aromatic rings. The van der Waals surface area contributed by atoms with Crippen molar-refractivity contribution >= 4 is 50.9 Å². The van der Waals surface area contributed by atoms with E-state index in [9.17, 15) is 10.1 Å². The molecule has 1 aliphatic carbocycles. The number of pyridine rings is 1. The highest BCUT2D eigenvalue weighted by Crippen LogP contribution is 2.51. The van der Waals surface area contributed by atoms with Crippen molar-refractivity contribution in [2.75, 3.05) is 26.7 Å². The number of carbonyl (C=O) groups is 1. The number of likely N-dealkylation sites (N-methyl/N-ethyl adjacent to an activating group) is 1. The minimum atomic E-state index is -0.512. The number of halogens is 3. The van der Waals surface area contributed by atoms with Crippen LogP contribution in [0.2, 0.25) is 10.0 Å². The van der Waals surface area contributed by atoms with E-state index in [-0.39, 0.29) is 53.1 Å². The molecule has 49 heavy (non-hydrogen) atoms. The minimum Gasteiger partial charge on any atom is -0.472 e. The molecule has 256 valence electrons. The Balaban J connectivity index is 1.44. The maximum Gasteiger partial charge on any atom is 0.223 e. The molecule has 2 aromatic heterocycles. The number of benzene rings is 2. The molecular weight excluding hydrogens is 662 g/mol. The molecule has 1 amide bonds. The van der Waals surface area contributed by atoms with E-state index < -0.39 is 5.82 Å². The smallest absolute Gasteiger partial charge is 0.223 e. The van der Waals surface area contributed by atoms with Gasteiger partial charge < -0.3 is 19.5 Å². The normalized spacial score (nSPS) is 25.7. The summed E-state index contributed by atoms with van der Waals surface area (Å²) in [7, 11) is 2.12. The van der Waals surface area contributed by atoms with Crippen molar-refractivity contribution in [3.05, 3.63) is 57.5 Å². The topological polar surface area (TPSA) is 86.4 Å². The van der Waals surface area contributed by atoms with Crippen LogP contribution < -0.4 is 10.1 Å². The fourth-order valence-electron chi connectivity index (χ4n) is 9.24. The molecule has 11 heteroatoms. The van der Waals surface area contributed by atoms with Gasteiger partial charge in [-0.05, 0) is 88.7 Å². The third-order valence-electron chi connectivity index (χ3n) is 11.6. The van der Waals surface area contributed by atoms with Crippen LogP contribution in [0.3, 0.4) is 0 Å². The summed E-state index contributed by atoms with van der Waals surface area (Å²) in [6, 6.07) is 12.2. The van der Waals surface area contributed by atoms with E-state index in [1.54, 1.807) is 25.1 Å². The first-order valence-corrected chi connectivity index (χ1v) is 18.3. The van der Waals surface area contributed by atoms with Crippen LogP contribution in [0.5, 0.6) is 5.88 Å². The van der Waals surface area contributed by atoms with Gasteiger partial charge in [0.1, 0.15) is 11.6 Å². The molecule has 8 nitrogen and oxygen atoms in total. The first kappa shape index (κ1) is 32.8. The minimum absolute atomic E-state index is 0.0549. The third-order valence-corrected chi connectivity index (χ3v) is 12.4. The second-order valence-corrected chi connectivity index (χ2v) is 15.2. The summed E-state index contributed by atoms with van der Waals surface area (Å²) in [5.74, 6) is 0.369. The Bertz CT molecular complexity index is 2010. The van der Waals surface area contributed by atoms with E-state index in [0.717, 1.165) is 61.8 Å². The standard InChI is InChI=1S/C38H41Cl2FN6O2/c1-20(29-11-6-14-45(29)3)49-38-26-18-31(30-12-7-15-46(30)21(2)48)47(36-23-17-28(36)43-19-23)37(26)25-16-22(8-5-13-42)32(34(41)35(25)44-38)24-9-4-10-27(39)33(24)40/h4,9-10,16,18,20,23,28-30,36,43H,5-8,11-12,14-15,17,19H2,1-3H3/t20-,23+,28+,29?,30?,36-/m0/s1. The maximum absolute atomic E-state index is 17.4. The number of fused-ring (bicyclic) bond motifs is 4. The summed E-state index contributed by atoms with van der Waals surface area (Å²) in [5, 5.41) is 15.4. The zero-order valence-corrected chi connectivity index (χ0v) is 29.6. The first-order chi connectivity index (χ1) is 23.7. The summed E-state index contributed by atoms with van der Waals surface area (Å²) < 4.78 is 26.7. The van der Waals surface area contributed by atoms with E-state index in [1.165, 1.54) is 0 Å². The SMILES string of the molecule is CC(=O)N1CCCC1c1cc2c(O[C@@H](C)C3CCCN3C)nc3c(F)c(-c4cccc(Cl)c4Cl)c(CCC#N)cc3c2n1[C@H]1[C@H]2CN[C@@H]1C2. The molecule has 9 rings (SSSR count). The number of aryl methyl sites for hydroxylation is 1. The number of aromatic nitrogens is 2. The molecule has 4 saturated heterocycles. The van der Waals surface area contributed by atoms with Gasteiger partial charge in [0.2, 0.25) is 11.8 Å². The van der Waals surface area contributed by atoms with Crippen molar-refractivity contribution in [1.82, 2.24) is 24.7 Å². The molecule has 6 atom stereocenters. The lowest BCUT2D eigenvalue weighted by Gasteiger charge is -2.39. The fourth-order valence-corrected chi connectivity index (χ4v) is 9.64. The average Bonchev–Trinajstić information content (AvgIpc) is 3.91. The van der Waals surface area contributed by atoms with Gasteiger partial charge in [0.15, 0.2) is 5.82 Å². The van der Waals surface area contributed by atoms with Crippen LogP contribution in [0.1, 0.15) is 75.7 Å². The van der Waals surface area contributed by atoms with Crippen molar-refractivity contribution in [3.63, 3.8) is 0 Å². The summed E-state index contributed by atoms with van der Waals surface area (Å²) in [4.78, 5) is 22.3. The van der Waals surface area contributed by atoms with Crippen LogP contribution in [0, 0.1) is 23.1 Å². The number of nitrogens with one attached hydrogen (secondary N) is 1. The van der Waals surface area contributed by atoms with Gasteiger partial charge in [0.05, 0.1) is 39.1 Å². The van der Waals surface area contributed by atoms with E-state index in [4.69, 9.17) is 32.9 Å². The van der Waals surface area contributed by atoms with Crippen LogP contribution in [0.4, 0.5) is 4.39 Å². The highest BCUT2D eigenvalue weighted by Gasteiger charge is 2.50. The number of likely N-dealkylation sites (tertiary alicyclic amines) is 2. The number of rotatable bonds is 8. The van der Waals surface area contributed by atoms with Crippen LogP contribution in [0.15, 0.2) is 30.3 Å². The molecule has 0 spiro atoms. The lowest BCUT2D eigenvalue weighted by Crippen LogP contribution is -2.40. The van der Waals surface area contributed by atoms with Crippen molar-refractivity contribution in [3.8, 4) is 23.1 Å². The summed E-state index contributed by atoms with van der Waals surface area (Å²) in [6.45, 7) is 6.35. The quantitative estimate of drug-likeness (QED) is 0.201. The zero-order chi connectivity index (χ0) is 34.1. The molecule has 2 bridgehead atoms. The zero-order valence-electron chi connectivity index (χ0n) is 28.1. The molecule has 2 unspecified atom stereocenters. The van der Waals surface area contributed by atoms with Gasteiger partial charge in [0, 0.05) is 60.7 Å². The molecule has 6 heterocycles. The maximum atomic E-state index is 17.4. The van der Waals surface area contributed by atoms with E-state index in [1.807, 2.05) is 11.0 Å². The van der Waals surface area contributed by atoms with Crippen LogP contribution in [-0.2, 0) is 11.2 Å². The lowest BCUT2D eigenvalue weighted by molar-refractivity contribution is -0.129. The molecule has 1 saturated carbocycles. The van der Waals surface area contributed by atoms with Gasteiger partial charge >= 0.3 is 0 Å². The van der Waals surface area contributed by atoms with Crippen LogP contribution in [0.25, 0.3) is 32.9 Å². The third kappa shape index (κ3) is 5.29. The molecule has 5 fully saturated rings. The van der Waals surface area contributed by atoms with Crippen molar-refractivity contribution < 1.29 is 13.9 Å². The molecule has 4 aliphatic heterocycles. The number of hydrogen-bond acceptors (Lipinski definition) is 6. The average molecular weight is 704 g/mol.